The summed E-state index contributed by atoms with van der Waals surface area (Å²) in [6.45, 7) is 3.68. The van der Waals surface area contributed by atoms with Gasteiger partial charge in [0, 0.05) is 25.5 Å². The van der Waals surface area contributed by atoms with Crippen molar-refractivity contribution in [3.8, 4) is 17.3 Å². The van der Waals surface area contributed by atoms with E-state index < -0.39 is 0 Å². The van der Waals surface area contributed by atoms with E-state index in [1.165, 1.54) is 11.3 Å². The second-order valence-electron chi connectivity index (χ2n) is 7.06. The molecule has 6 heteroatoms. The van der Waals surface area contributed by atoms with Crippen LogP contribution in [0.5, 0.6) is 5.75 Å². The molecule has 26 heavy (non-hydrogen) atoms. The van der Waals surface area contributed by atoms with Gasteiger partial charge in [0.2, 0.25) is 0 Å². The van der Waals surface area contributed by atoms with Gasteiger partial charge in [0.1, 0.15) is 17.5 Å². The standard InChI is InChI=1S/C20H23N5O/c1-2-5-19-15(4-1)6-7-17(26-19)14-24-11-9-22-20(24)18-12-16-13-21-8-3-10-25(16)23-18/h1-2,4-5,9,11-12,17,21H,3,6-8,10,13-14H2/t17-/m1/s1. The molecule has 0 amide bonds. The molecular formula is C20H23N5O. The molecule has 0 bridgehead atoms. The van der Waals surface area contributed by atoms with Crippen molar-refractivity contribution >= 4 is 0 Å². The fourth-order valence-corrected chi connectivity index (χ4v) is 3.89. The van der Waals surface area contributed by atoms with E-state index >= 15 is 0 Å². The second kappa shape index (κ2) is 6.61. The van der Waals surface area contributed by atoms with Gasteiger partial charge in [-0.1, -0.05) is 18.2 Å². The summed E-state index contributed by atoms with van der Waals surface area (Å²) >= 11 is 0. The number of benzene rings is 1. The van der Waals surface area contributed by atoms with E-state index in [9.17, 15) is 0 Å². The molecule has 1 atom stereocenters. The maximum Gasteiger partial charge on any atom is 0.160 e. The van der Waals surface area contributed by atoms with Crippen LogP contribution in [0, 0.1) is 0 Å². The van der Waals surface area contributed by atoms with E-state index in [-0.39, 0.29) is 6.10 Å². The largest absolute Gasteiger partial charge is 0.488 e. The zero-order valence-corrected chi connectivity index (χ0v) is 14.8. The summed E-state index contributed by atoms with van der Waals surface area (Å²) in [5.41, 5.74) is 3.49. The maximum atomic E-state index is 6.21. The minimum absolute atomic E-state index is 0.167. The number of imidazole rings is 1. The van der Waals surface area contributed by atoms with E-state index in [4.69, 9.17) is 9.84 Å². The first-order chi connectivity index (χ1) is 12.9. The molecule has 0 fully saturated rings. The van der Waals surface area contributed by atoms with Gasteiger partial charge in [0.15, 0.2) is 5.82 Å². The van der Waals surface area contributed by atoms with Gasteiger partial charge in [-0.15, -0.1) is 0 Å². The van der Waals surface area contributed by atoms with E-state index in [1.807, 2.05) is 18.5 Å². The number of aromatic nitrogens is 4. The van der Waals surface area contributed by atoms with Crippen LogP contribution in [0.1, 0.15) is 24.1 Å². The zero-order chi connectivity index (χ0) is 17.3. The number of ether oxygens (including phenoxy) is 1. The Labute approximate surface area is 152 Å². The Morgan fingerprint density at radius 1 is 1.27 bits per heavy atom. The van der Waals surface area contributed by atoms with Crippen molar-refractivity contribution in [3.63, 3.8) is 0 Å². The molecule has 2 aliphatic heterocycles. The maximum absolute atomic E-state index is 6.21. The van der Waals surface area contributed by atoms with Crippen LogP contribution in [0.15, 0.2) is 42.7 Å². The summed E-state index contributed by atoms with van der Waals surface area (Å²) in [7, 11) is 0. The lowest BCUT2D eigenvalue weighted by atomic mass is 10.0. The first-order valence-electron chi connectivity index (χ1n) is 9.40. The second-order valence-corrected chi connectivity index (χ2v) is 7.06. The lowest BCUT2D eigenvalue weighted by molar-refractivity contribution is 0.154. The molecule has 6 nitrogen and oxygen atoms in total. The third kappa shape index (κ3) is 2.90. The van der Waals surface area contributed by atoms with Crippen LogP contribution >= 0.6 is 0 Å². The van der Waals surface area contributed by atoms with Crippen LogP contribution in [-0.2, 0) is 26.1 Å². The predicted molar refractivity (Wildman–Crippen MR) is 99.0 cm³/mol. The summed E-state index contributed by atoms with van der Waals surface area (Å²) in [5, 5.41) is 8.24. The van der Waals surface area contributed by atoms with Crippen LogP contribution in [0.2, 0.25) is 0 Å². The number of para-hydroxylation sites is 1. The molecule has 0 unspecified atom stereocenters. The van der Waals surface area contributed by atoms with Crippen LogP contribution in [0.3, 0.4) is 0 Å². The molecule has 0 saturated carbocycles. The van der Waals surface area contributed by atoms with Crippen molar-refractivity contribution in [2.75, 3.05) is 6.54 Å². The highest BCUT2D eigenvalue weighted by molar-refractivity contribution is 5.50. The van der Waals surface area contributed by atoms with Crippen LogP contribution in [-0.4, -0.2) is 32.0 Å². The summed E-state index contributed by atoms with van der Waals surface area (Å²) in [6.07, 6.45) is 7.25. The summed E-state index contributed by atoms with van der Waals surface area (Å²) < 4.78 is 10.5. The quantitative estimate of drug-likeness (QED) is 0.790. The molecule has 5 rings (SSSR count). The van der Waals surface area contributed by atoms with Gasteiger partial charge in [-0.2, -0.15) is 5.10 Å². The number of nitrogens with zero attached hydrogens (tertiary/aromatic N) is 4. The number of nitrogens with one attached hydrogen (secondary N) is 1. The number of rotatable bonds is 3. The van der Waals surface area contributed by atoms with Crippen molar-refractivity contribution in [3.05, 3.63) is 54.0 Å². The first kappa shape index (κ1) is 15.6. The number of hydrogen-bond acceptors (Lipinski definition) is 4. The fourth-order valence-electron chi connectivity index (χ4n) is 3.89. The predicted octanol–water partition coefficient (Wildman–Crippen LogP) is 2.63. The zero-order valence-electron chi connectivity index (χ0n) is 14.8. The molecule has 4 heterocycles. The average Bonchev–Trinajstić information content (AvgIpc) is 3.23. The third-order valence-corrected chi connectivity index (χ3v) is 5.24. The highest BCUT2D eigenvalue weighted by Gasteiger charge is 2.22. The van der Waals surface area contributed by atoms with Gasteiger partial charge in [0.25, 0.3) is 0 Å². The minimum Gasteiger partial charge on any atom is -0.488 e. The number of aryl methyl sites for hydroxylation is 2. The molecule has 0 radical (unpaired) electrons. The van der Waals surface area contributed by atoms with Crippen molar-refractivity contribution in [2.45, 2.75) is 45.0 Å². The summed E-state index contributed by atoms with van der Waals surface area (Å²) in [6, 6.07) is 10.5. The highest BCUT2D eigenvalue weighted by atomic mass is 16.5. The van der Waals surface area contributed by atoms with Gasteiger partial charge < -0.3 is 14.6 Å². The Morgan fingerprint density at radius 2 is 2.23 bits per heavy atom. The fraction of sp³-hybridized carbons (Fsp3) is 0.400. The van der Waals surface area contributed by atoms with Gasteiger partial charge >= 0.3 is 0 Å². The molecule has 0 saturated heterocycles. The molecule has 0 aliphatic carbocycles. The molecule has 2 aromatic heterocycles. The van der Waals surface area contributed by atoms with Gasteiger partial charge in [-0.25, -0.2) is 4.98 Å². The molecule has 2 aliphatic rings. The summed E-state index contributed by atoms with van der Waals surface area (Å²) in [4.78, 5) is 4.57. The van der Waals surface area contributed by atoms with Crippen LogP contribution in [0.25, 0.3) is 11.5 Å². The molecule has 134 valence electrons. The topological polar surface area (TPSA) is 56.9 Å². The molecule has 1 aromatic carbocycles. The van der Waals surface area contributed by atoms with Crippen molar-refractivity contribution < 1.29 is 4.74 Å². The highest BCUT2D eigenvalue weighted by Crippen LogP contribution is 2.28. The van der Waals surface area contributed by atoms with Crippen LogP contribution in [0.4, 0.5) is 0 Å². The van der Waals surface area contributed by atoms with Gasteiger partial charge in [-0.05, 0) is 43.5 Å². The van der Waals surface area contributed by atoms with E-state index in [0.29, 0.717) is 0 Å². The first-order valence-corrected chi connectivity index (χ1v) is 9.40. The van der Waals surface area contributed by atoms with E-state index in [2.05, 4.69) is 43.8 Å². The Bertz CT molecular complexity index is 889. The number of hydrogen-bond donors (Lipinski definition) is 1. The monoisotopic (exact) mass is 349 g/mol. The van der Waals surface area contributed by atoms with Crippen molar-refractivity contribution in [1.82, 2.24) is 24.6 Å². The number of fused-ring (bicyclic) bond motifs is 2. The van der Waals surface area contributed by atoms with Crippen molar-refractivity contribution in [2.24, 2.45) is 0 Å². The molecule has 0 spiro atoms. The SMILES string of the molecule is c1ccc2c(c1)CC[C@H](Cn1ccnc1-c1cc3n(n1)CCCNC3)O2. The Morgan fingerprint density at radius 3 is 3.23 bits per heavy atom. The average molecular weight is 349 g/mol. The summed E-state index contributed by atoms with van der Waals surface area (Å²) in [5.74, 6) is 1.94. The van der Waals surface area contributed by atoms with E-state index in [1.54, 1.807) is 0 Å². The van der Waals surface area contributed by atoms with Crippen molar-refractivity contribution in [1.29, 1.82) is 0 Å². The Kier molecular flexibility index (Phi) is 3.97. The van der Waals surface area contributed by atoms with Gasteiger partial charge in [0.05, 0.1) is 12.2 Å². The van der Waals surface area contributed by atoms with E-state index in [0.717, 1.165) is 62.7 Å². The molecule has 3 aromatic rings. The molecule has 1 N–H and O–H groups in total. The third-order valence-electron chi connectivity index (χ3n) is 5.24. The molecular weight excluding hydrogens is 326 g/mol. The normalized spacial score (nSPS) is 19.3. The Hall–Kier alpha value is -2.60. The lowest BCUT2D eigenvalue weighted by Crippen LogP contribution is -2.27. The smallest absolute Gasteiger partial charge is 0.160 e. The Balaban J connectivity index is 1.37. The van der Waals surface area contributed by atoms with Crippen LogP contribution < -0.4 is 10.1 Å². The minimum atomic E-state index is 0.167. The van der Waals surface area contributed by atoms with Gasteiger partial charge in [-0.3, -0.25) is 4.68 Å². The lowest BCUT2D eigenvalue weighted by Gasteiger charge is -2.26.